The second-order valence-electron chi connectivity index (χ2n) is 2.88. The first-order valence-corrected chi connectivity index (χ1v) is 4.42. The van der Waals surface area contributed by atoms with Gasteiger partial charge >= 0.3 is 0 Å². The minimum atomic E-state index is 0.433. The van der Waals surface area contributed by atoms with Gasteiger partial charge < -0.3 is 11.5 Å². The van der Waals surface area contributed by atoms with Crippen LogP contribution in [0.15, 0.2) is 23.6 Å². The minimum Gasteiger partial charge on any atom is -0.396 e. The van der Waals surface area contributed by atoms with Crippen molar-refractivity contribution < 1.29 is 0 Å². The zero-order valence-corrected chi connectivity index (χ0v) is 8.17. The van der Waals surface area contributed by atoms with Gasteiger partial charge in [-0.1, -0.05) is 17.3 Å². The molecule has 0 saturated carbocycles. The fourth-order valence-corrected chi connectivity index (χ4v) is 1.02. The SMILES string of the molecule is [N-]=[N+]=NCCC=Cc1cncc(N)c1N. The average Bonchev–Trinajstić information content (AvgIpc) is 2.24. The molecule has 0 aliphatic rings. The molecule has 15 heavy (non-hydrogen) atoms. The summed E-state index contributed by atoms with van der Waals surface area (Å²) < 4.78 is 0. The standard InChI is InChI=1S/C9H12N6/c10-8-6-13-5-7(9(8)11)3-1-2-4-14-15-12/h1,3,5-6H,2,4,10H2,(H2,11,13). The van der Waals surface area contributed by atoms with E-state index in [1.165, 1.54) is 6.20 Å². The lowest BCUT2D eigenvalue weighted by atomic mass is 10.2. The number of hydrogen-bond donors (Lipinski definition) is 2. The summed E-state index contributed by atoms with van der Waals surface area (Å²) in [5.41, 5.74) is 21.1. The predicted molar refractivity (Wildman–Crippen MR) is 60.7 cm³/mol. The fourth-order valence-electron chi connectivity index (χ4n) is 1.02. The van der Waals surface area contributed by atoms with Crippen molar-refractivity contribution in [3.8, 4) is 0 Å². The molecular formula is C9H12N6. The molecule has 0 radical (unpaired) electrons. The summed E-state index contributed by atoms with van der Waals surface area (Å²) in [6.07, 6.45) is 7.48. The van der Waals surface area contributed by atoms with Crippen molar-refractivity contribution in [2.75, 3.05) is 18.0 Å². The normalized spacial score (nSPS) is 10.1. The molecule has 0 atom stereocenters. The van der Waals surface area contributed by atoms with Gasteiger partial charge in [-0.2, -0.15) is 0 Å². The van der Waals surface area contributed by atoms with Crippen LogP contribution in [0.1, 0.15) is 12.0 Å². The molecule has 6 nitrogen and oxygen atoms in total. The molecule has 0 saturated heterocycles. The summed E-state index contributed by atoms with van der Waals surface area (Å²) in [5, 5.41) is 3.40. The van der Waals surface area contributed by atoms with Crippen LogP contribution in [0.2, 0.25) is 0 Å². The number of nitrogens with zero attached hydrogens (tertiary/aromatic N) is 4. The Labute approximate surface area is 87.2 Å². The van der Waals surface area contributed by atoms with Crippen LogP contribution in [-0.2, 0) is 0 Å². The highest BCUT2D eigenvalue weighted by atomic mass is 15.1. The highest BCUT2D eigenvalue weighted by Crippen LogP contribution is 2.18. The van der Waals surface area contributed by atoms with Crippen molar-refractivity contribution in [3.05, 3.63) is 34.5 Å². The molecule has 1 aromatic heterocycles. The first kappa shape index (κ1) is 10.9. The maximum atomic E-state index is 8.05. The molecule has 0 bridgehead atoms. The number of rotatable bonds is 4. The van der Waals surface area contributed by atoms with Crippen molar-refractivity contribution in [3.63, 3.8) is 0 Å². The topological polar surface area (TPSA) is 114 Å². The molecule has 0 fully saturated rings. The van der Waals surface area contributed by atoms with Gasteiger partial charge in [0.1, 0.15) is 0 Å². The van der Waals surface area contributed by atoms with E-state index in [1.807, 2.05) is 12.2 Å². The lowest BCUT2D eigenvalue weighted by Crippen LogP contribution is -1.97. The number of azide groups is 1. The van der Waals surface area contributed by atoms with Crippen molar-refractivity contribution in [2.24, 2.45) is 5.11 Å². The summed E-state index contributed by atoms with van der Waals surface area (Å²) in [5.74, 6) is 0. The van der Waals surface area contributed by atoms with Crippen molar-refractivity contribution in [1.29, 1.82) is 0 Å². The summed E-state index contributed by atoms with van der Waals surface area (Å²) in [6.45, 7) is 0.433. The molecule has 0 spiro atoms. The van der Waals surface area contributed by atoms with Gasteiger partial charge in [0.25, 0.3) is 0 Å². The third kappa shape index (κ3) is 3.21. The molecular weight excluding hydrogens is 192 g/mol. The van der Waals surface area contributed by atoms with E-state index in [4.69, 9.17) is 17.0 Å². The molecule has 6 heteroatoms. The first-order chi connectivity index (χ1) is 7.25. The first-order valence-electron chi connectivity index (χ1n) is 4.42. The number of pyridine rings is 1. The zero-order valence-electron chi connectivity index (χ0n) is 8.17. The van der Waals surface area contributed by atoms with Gasteiger partial charge in [-0.15, -0.1) is 0 Å². The Balaban J connectivity index is 2.64. The largest absolute Gasteiger partial charge is 0.396 e. The second kappa shape index (κ2) is 5.51. The summed E-state index contributed by atoms with van der Waals surface area (Å²) >= 11 is 0. The summed E-state index contributed by atoms with van der Waals surface area (Å²) in [6, 6.07) is 0. The van der Waals surface area contributed by atoms with Gasteiger partial charge in [0, 0.05) is 23.2 Å². The maximum absolute atomic E-state index is 8.05. The highest BCUT2D eigenvalue weighted by molar-refractivity contribution is 5.74. The molecule has 0 unspecified atom stereocenters. The smallest absolute Gasteiger partial charge is 0.0740 e. The molecule has 1 aromatic rings. The molecule has 0 aromatic carbocycles. The van der Waals surface area contributed by atoms with E-state index in [9.17, 15) is 0 Å². The van der Waals surface area contributed by atoms with E-state index in [-0.39, 0.29) is 0 Å². The third-order valence-electron chi connectivity index (χ3n) is 1.81. The van der Waals surface area contributed by atoms with E-state index < -0.39 is 0 Å². The van der Waals surface area contributed by atoms with Crippen LogP contribution in [-0.4, -0.2) is 11.5 Å². The van der Waals surface area contributed by atoms with Crippen LogP contribution in [0.5, 0.6) is 0 Å². The lowest BCUT2D eigenvalue weighted by Gasteiger charge is -2.01. The minimum absolute atomic E-state index is 0.433. The van der Waals surface area contributed by atoms with E-state index >= 15 is 0 Å². The Morgan fingerprint density at radius 1 is 1.47 bits per heavy atom. The molecule has 0 aliphatic carbocycles. The number of hydrogen-bond acceptors (Lipinski definition) is 4. The van der Waals surface area contributed by atoms with Crippen LogP contribution >= 0.6 is 0 Å². The van der Waals surface area contributed by atoms with Gasteiger partial charge in [0.15, 0.2) is 0 Å². The molecule has 78 valence electrons. The van der Waals surface area contributed by atoms with Gasteiger partial charge in [-0.25, -0.2) is 0 Å². The average molecular weight is 204 g/mol. The van der Waals surface area contributed by atoms with E-state index in [0.717, 1.165) is 5.56 Å². The van der Waals surface area contributed by atoms with Gasteiger partial charge in [-0.3, -0.25) is 4.98 Å². The Kier molecular flexibility index (Phi) is 4.00. The van der Waals surface area contributed by atoms with Gasteiger partial charge in [0.05, 0.1) is 17.6 Å². The zero-order chi connectivity index (χ0) is 11.1. The Morgan fingerprint density at radius 3 is 3.00 bits per heavy atom. The molecule has 0 amide bonds. The lowest BCUT2D eigenvalue weighted by molar-refractivity contribution is 0.995. The predicted octanol–water partition coefficient (Wildman–Crippen LogP) is 1.96. The quantitative estimate of drug-likeness (QED) is 0.338. The van der Waals surface area contributed by atoms with Crippen LogP contribution in [0.4, 0.5) is 11.4 Å². The van der Waals surface area contributed by atoms with Crippen LogP contribution in [0.25, 0.3) is 16.5 Å². The molecule has 4 N–H and O–H groups in total. The Hall–Kier alpha value is -2.20. The van der Waals surface area contributed by atoms with E-state index in [2.05, 4.69) is 15.0 Å². The number of anilines is 2. The Bertz CT molecular complexity index is 405. The monoisotopic (exact) mass is 204 g/mol. The second-order valence-corrected chi connectivity index (χ2v) is 2.88. The number of aromatic nitrogens is 1. The van der Waals surface area contributed by atoms with Crippen molar-refractivity contribution >= 4 is 17.5 Å². The van der Waals surface area contributed by atoms with Crippen molar-refractivity contribution in [2.45, 2.75) is 6.42 Å². The maximum Gasteiger partial charge on any atom is 0.0740 e. The molecule has 1 rings (SSSR count). The van der Waals surface area contributed by atoms with Crippen molar-refractivity contribution in [1.82, 2.24) is 4.98 Å². The van der Waals surface area contributed by atoms with E-state index in [1.54, 1.807) is 6.20 Å². The van der Waals surface area contributed by atoms with E-state index in [0.29, 0.717) is 24.3 Å². The van der Waals surface area contributed by atoms with Gasteiger partial charge in [0.2, 0.25) is 0 Å². The third-order valence-corrected chi connectivity index (χ3v) is 1.81. The summed E-state index contributed by atoms with van der Waals surface area (Å²) in [7, 11) is 0. The number of nitrogens with two attached hydrogens (primary N) is 2. The molecule has 1 heterocycles. The Morgan fingerprint density at radius 2 is 2.27 bits per heavy atom. The highest BCUT2D eigenvalue weighted by Gasteiger charge is 1.98. The van der Waals surface area contributed by atoms with Gasteiger partial charge in [-0.05, 0) is 12.0 Å². The fraction of sp³-hybridized carbons (Fsp3) is 0.222. The van der Waals surface area contributed by atoms with Crippen LogP contribution < -0.4 is 11.5 Å². The van der Waals surface area contributed by atoms with Crippen LogP contribution in [0.3, 0.4) is 0 Å². The summed E-state index contributed by atoms with van der Waals surface area (Å²) in [4.78, 5) is 6.57. The van der Waals surface area contributed by atoms with Crippen LogP contribution in [0, 0.1) is 0 Å². The molecule has 0 aliphatic heterocycles. The number of nitrogen functional groups attached to an aromatic ring is 2.